The molecule has 0 aliphatic rings. The lowest BCUT2D eigenvalue weighted by atomic mass is 10.1. The second kappa shape index (κ2) is 8.16. The molecule has 6 heteroatoms. The Morgan fingerprint density at radius 3 is 2.67 bits per heavy atom. The van der Waals surface area contributed by atoms with E-state index in [1.807, 2.05) is 26.1 Å². The first-order valence-corrected chi connectivity index (χ1v) is 8.23. The number of anilines is 1. The molecule has 24 heavy (non-hydrogen) atoms. The molecule has 0 saturated heterocycles. The summed E-state index contributed by atoms with van der Waals surface area (Å²) in [6, 6.07) is 14.1. The highest BCUT2D eigenvalue weighted by atomic mass is 35.5. The number of quaternary nitrogens is 1. The maximum Gasteiger partial charge on any atom is 0.282 e. The third-order valence-electron chi connectivity index (χ3n) is 3.86. The molecule has 0 aromatic heterocycles. The topological polar surface area (TPSA) is 57.3 Å². The van der Waals surface area contributed by atoms with Gasteiger partial charge in [0.25, 0.3) is 5.91 Å². The van der Waals surface area contributed by atoms with Crippen LogP contribution in [0.1, 0.15) is 18.1 Å². The molecule has 124 valence electrons. The summed E-state index contributed by atoms with van der Waals surface area (Å²) in [5.74, 6) is -0.109. The van der Waals surface area contributed by atoms with Gasteiger partial charge in [0.2, 0.25) is 0 Å². The fourth-order valence-corrected chi connectivity index (χ4v) is 2.59. The van der Waals surface area contributed by atoms with Gasteiger partial charge < -0.3 is 10.2 Å². The summed E-state index contributed by atoms with van der Waals surface area (Å²) in [5.41, 5.74) is 2.14. The molecule has 2 rings (SSSR count). The lowest BCUT2D eigenvalue weighted by Crippen LogP contribution is -3.12. The molecule has 4 nitrogen and oxygen atoms in total. The number of likely N-dealkylation sites (N-methyl/N-ethyl adjacent to an activating group) is 1. The van der Waals surface area contributed by atoms with Crippen molar-refractivity contribution in [1.82, 2.24) is 0 Å². The molecule has 1 unspecified atom stereocenters. The van der Waals surface area contributed by atoms with E-state index in [-0.39, 0.29) is 11.9 Å². The van der Waals surface area contributed by atoms with Crippen LogP contribution in [0.2, 0.25) is 10.0 Å². The molecule has 0 aliphatic heterocycles. The standard InChI is InChI=1S/C18H17Cl2N3O/c1-12(18(24)22-15-5-3-4-13(8-15)10-21)23(2)11-14-6-7-16(19)17(20)9-14/h3-9,12H,11H2,1-2H3,(H,22,24)/p+1/t12-/m0/s1. The first-order chi connectivity index (χ1) is 11.4. The van der Waals surface area contributed by atoms with Crippen molar-refractivity contribution in [1.29, 1.82) is 5.26 Å². The van der Waals surface area contributed by atoms with Crippen LogP contribution >= 0.6 is 23.2 Å². The number of carbonyl (C=O) groups is 1. The van der Waals surface area contributed by atoms with Crippen molar-refractivity contribution in [3.63, 3.8) is 0 Å². The van der Waals surface area contributed by atoms with E-state index in [1.54, 1.807) is 30.3 Å². The van der Waals surface area contributed by atoms with Crippen LogP contribution < -0.4 is 10.2 Å². The van der Waals surface area contributed by atoms with E-state index in [9.17, 15) is 4.79 Å². The fraction of sp³-hybridized carbons (Fsp3) is 0.222. The quantitative estimate of drug-likeness (QED) is 0.858. The van der Waals surface area contributed by atoms with Crippen LogP contribution in [0.4, 0.5) is 5.69 Å². The number of nitriles is 1. The van der Waals surface area contributed by atoms with Gasteiger partial charge in [-0.15, -0.1) is 0 Å². The Hall–Kier alpha value is -2.06. The summed E-state index contributed by atoms with van der Waals surface area (Å²) in [4.78, 5) is 13.4. The maximum absolute atomic E-state index is 12.4. The van der Waals surface area contributed by atoms with Gasteiger partial charge in [0, 0.05) is 11.3 Å². The predicted molar refractivity (Wildman–Crippen MR) is 96.3 cm³/mol. The number of halogens is 2. The summed E-state index contributed by atoms with van der Waals surface area (Å²) in [5, 5.41) is 12.8. The van der Waals surface area contributed by atoms with Gasteiger partial charge in [-0.25, -0.2) is 0 Å². The Morgan fingerprint density at radius 1 is 1.25 bits per heavy atom. The summed E-state index contributed by atoms with van der Waals surface area (Å²) >= 11 is 11.9. The third-order valence-corrected chi connectivity index (χ3v) is 4.60. The number of hydrogen-bond donors (Lipinski definition) is 2. The summed E-state index contributed by atoms with van der Waals surface area (Å²) < 4.78 is 0. The summed E-state index contributed by atoms with van der Waals surface area (Å²) in [6.45, 7) is 2.50. The third kappa shape index (κ3) is 4.72. The predicted octanol–water partition coefficient (Wildman–Crippen LogP) is 2.91. The van der Waals surface area contributed by atoms with Crippen LogP contribution in [0, 0.1) is 11.3 Å². The van der Waals surface area contributed by atoms with Crippen LogP contribution in [0.3, 0.4) is 0 Å². The second-order valence-corrected chi connectivity index (χ2v) is 6.49. The lowest BCUT2D eigenvalue weighted by molar-refractivity contribution is -0.907. The fourth-order valence-electron chi connectivity index (χ4n) is 2.27. The SMILES string of the molecule is C[C@@H](C(=O)Nc1cccc(C#N)c1)[NH+](C)Cc1ccc(Cl)c(Cl)c1. The molecule has 0 bridgehead atoms. The van der Waals surface area contributed by atoms with Gasteiger partial charge in [-0.1, -0.05) is 35.3 Å². The minimum atomic E-state index is -0.273. The molecule has 1 amide bonds. The van der Waals surface area contributed by atoms with Gasteiger partial charge in [-0.05, 0) is 37.3 Å². The molecule has 0 radical (unpaired) electrons. The average molecular weight is 363 g/mol. The first kappa shape index (κ1) is 18.3. The smallest absolute Gasteiger partial charge is 0.282 e. The highest BCUT2D eigenvalue weighted by Crippen LogP contribution is 2.22. The van der Waals surface area contributed by atoms with Crippen molar-refractivity contribution in [3.05, 3.63) is 63.6 Å². The van der Waals surface area contributed by atoms with Crippen LogP contribution in [0.25, 0.3) is 0 Å². The average Bonchev–Trinajstić information content (AvgIpc) is 2.57. The number of rotatable bonds is 5. The zero-order chi connectivity index (χ0) is 17.7. The van der Waals surface area contributed by atoms with Crippen molar-refractivity contribution < 1.29 is 9.69 Å². The molecule has 0 aliphatic carbocycles. The number of nitrogens with zero attached hydrogens (tertiary/aromatic N) is 1. The van der Waals surface area contributed by atoms with Crippen molar-refractivity contribution >= 4 is 34.8 Å². The maximum atomic E-state index is 12.4. The Bertz CT molecular complexity index is 786. The summed E-state index contributed by atoms with van der Waals surface area (Å²) in [6.07, 6.45) is 0. The zero-order valence-corrected chi connectivity index (χ0v) is 14.9. The number of amides is 1. The van der Waals surface area contributed by atoms with Crippen molar-refractivity contribution in [2.45, 2.75) is 19.5 Å². The van der Waals surface area contributed by atoms with Crippen LogP contribution in [-0.2, 0) is 11.3 Å². The van der Waals surface area contributed by atoms with Crippen molar-refractivity contribution in [2.24, 2.45) is 0 Å². The number of nitrogens with one attached hydrogen (secondary N) is 2. The largest absolute Gasteiger partial charge is 0.324 e. The van der Waals surface area contributed by atoms with Crippen LogP contribution in [-0.4, -0.2) is 19.0 Å². The zero-order valence-electron chi connectivity index (χ0n) is 13.4. The molecule has 0 spiro atoms. The molecular weight excluding hydrogens is 345 g/mol. The Balaban J connectivity index is 2.01. The van der Waals surface area contributed by atoms with Gasteiger partial charge in [0.1, 0.15) is 6.54 Å². The van der Waals surface area contributed by atoms with Gasteiger partial charge in [-0.3, -0.25) is 4.79 Å². The van der Waals surface area contributed by atoms with E-state index in [0.717, 1.165) is 10.5 Å². The highest BCUT2D eigenvalue weighted by Gasteiger charge is 2.22. The number of benzene rings is 2. The van der Waals surface area contributed by atoms with Gasteiger partial charge in [-0.2, -0.15) is 5.26 Å². The normalized spacial score (nSPS) is 13.0. The van der Waals surface area contributed by atoms with E-state index in [2.05, 4.69) is 11.4 Å². The molecule has 0 saturated carbocycles. The van der Waals surface area contributed by atoms with E-state index in [4.69, 9.17) is 28.5 Å². The molecule has 2 atom stereocenters. The van der Waals surface area contributed by atoms with E-state index < -0.39 is 0 Å². The molecular formula is C18H18Cl2N3O+. The lowest BCUT2D eigenvalue weighted by Gasteiger charge is -2.21. The highest BCUT2D eigenvalue weighted by molar-refractivity contribution is 6.42. The summed E-state index contributed by atoms with van der Waals surface area (Å²) in [7, 11) is 1.94. The molecule has 2 N–H and O–H groups in total. The van der Waals surface area contributed by atoms with E-state index in [0.29, 0.717) is 27.8 Å². The minimum Gasteiger partial charge on any atom is -0.324 e. The first-order valence-electron chi connectivity index (χ1n) is 7.48. The molecule has 0 heterocycles. The van der Waals surface area contributed by atoms with E-state index in [1.165, 1.54) is 0 Å². The minimum absolute atomic E-state index is 0.109. The van der Waals surface area contributed by atoms with E-state index >= 15 is 0 Å². The Morgan fingerprint density at radius 2 is 2.00 bits per heavy atom. The van der Waals surface area contributed by atoms with Crippen LogP contribution in [0.15, 0.2) is 42.5 Å². The van der Waals surface area contributed by atoms with Gasteiger partial charge >= 0.3 is 0 Å². The van der Waals surface area contributed by atoms with Crippen molar-refractivity contribution in [2.75, 3.05) is 12.4 Å². The second-order valence-electron chi connectivity index (χ2n) is 5.68. The van der Waals surface area contributed by atoms with Gasteiger partial charge in [0.15, 0.2) is 6.04 Å². The van der Waals surface area contributed by atoms with Gasteiger partial charge in [0.05, 0.1) is 28.7 Å². The molecule has 2 aromatic rings. The Labute approximate surface area is 151 Å². The molecule has 2 aromatic carbocycles. The monoisotopic (exact) mass is 362 g/mol. The molecule has 0 fully saturated rings. The van der Waals surface area contributed by atoms with Crippen molar-refractivity contribution in [3.8, 4) is 6.07 Å². The van der Waals surface area contributed by atoms with Crippen LogP contribution in [0.5, 0.6) is 0 Å². The number of carbonyl (C=O) groups excluding carboxylic acids is 1. The Kier molecular flexibility index (Phi) is 6.22. The number of hydrogen-bond acceptors (Lipinski definition) is 2.